The van der Waals surface area contributed by atoms with Gasteiger partial charge in [0.05, 0.1) is 5.25 Å². The van der Waals surface area contributed by atoms with Crippen LogP contribution in [0.4, 0.5) is 0 Å². The summed E-state index contributed by atoms with van der Waals surface area (Å²) in [6, 6.07) is 0. The third-order valence-electron chi connectivity index (χ3n) is 3.11. The summed E-state index contributed by atoms with van der Waals surface area (Å²) in [6.45, 7) is 4.48. The van der Waals surface area contributed by atoms with E-state index in [4.69, 9.17) is 0 Å². The molecule has 2 rings (SSSR count). The van der Waals surface area contributed by atoms with Gasteiger partial charge in [-0.25, -0.2) is 8.42 Å². The first-order valence-corrected chi connectivity index (χ1v) is 6.86. The zero-order valence-electron chi connectivity index (χ0n) is 8.28. The van der Waals surface area contributed by atoms with Crippen LogP contribution < -0.4 is 5.32 Å². The van der Waals surface area contributed by atoms with Gasteiger partial charge in [0.15, 0.2) is 9.84 Å². The van der Waals surface area contributed by atoms with Gasteiger partial charge in [-0.1, -0.05) is 6.08 Å². The Kier molecular flexibility index (Phi) is 2.66. The molecule has 2 atom stereocenters. The molecule has 2 fully saturated rings. The molecule has 1 saturated carbocycles. The average Bonchev–Trinajstić information content (AvgIpc) is 2.82. The van der Waals surface area contributed by atoms with Crippen molar-refractivity contribution in [2.24, 2.45) is 5.92 Å². The van der Waals surface area contributed by atoms with Crippen molar-refractivity contribution in [1.29, 1.82) is 0 Å². The highest BCUT2D eigenvalue weighted by Gasteiger charge is 2.42. The van der Waals surface area contributed by atoms with Crippen LogP contribution in [0, 0.1) is 5.92 Å². The van der Waals surface area contributed by atoms with Crippen LogP contribution in [0.1, 0.15) is 25.7 Å². The van der Waals surface area contributed by atoms with Crippen LogP contribution in [-0.4, -0.2) is 25.6 Å². The lowest BCUT2D eigenvalue weighted by atomic mass is 10.3. The van der Waals surface area contributed by atoms with Gasteiger partial charge >= 0.3 is 0 Å². The first kappa shape index (κ1) is 10.2. The average molecular weight is 215 g/mol. The van der Waals surface area contributed by atoms with Gasteiger partial charge in [-0.15, -0.1) is 6.58 Å². The molecule has 0 bridgehead atoms. The second-order valence-electron chi connectivity index (χ2n) is 4.21. The Morgan fingerprint density at radius 2 is 2.07 bits per heavy atom. The van der Waals surface area contributed by atoms with Crippen LogP contribution in [0.2, 0.25) is 0 Å². The van der Waals surface area contributed by atoms with Crippen molar-refractivity contribution in [3.8, 4) is 0 Å². The molecule has 1 aliphatic heterocycles. The Balaban J connectivity index is 2.15. The molecule has 0 radical (unpaired) electrons. The smallest absolute Gasteiger partial charge is 0.172 e. The summed E-state index contributed by atoms with van der Waals surface area (Å²) in [5.41, 5.74) is 0. The van der Waals surface area contributed by atoms with E-state index in [1.807, 2.05) is 0 Å². The summed E-state index contributed by atoms with van der Waals surface area (Å²) in [4.78, 5) is 0. The van der Waals surface area contributed by atoms with Crippen LogP contribution >= 0.6 is 0 Å². The maximum Gasteiger partial charge on any atom is 0.172 e. The summed E-state index contributed by atoms with van der Waals surface area (Å²) in [7, 11) is -3.02. The van der Waals surface area contributed by atoms with Crippen LogP contribution in [0.5, 0.6) is 0 Å². The molecule has 0 amide bonds. The molecule has 14 heavy (non-hydrogen) atoms. The molecule has 80 valence electrons. The van der Waals surface area contributed by atoms with Crippen molar-refractivity contribution in [3.63, 3.8) is 0 Å². The van der Waals surface area contributed by atoms with E-state index >= 15 is 0 Å². The lowest BCUT2D eigenvalue weighted by molar-refractivity contribution is 0.557. The number of hydrogen-bond donors (Lipinski definition) is 1. The lowest BCUT2D eigenvalue weighted by Crippen LogP contribution is -2.38. The van der Waals surface area contributed by atoms with E-state index < -0.39 is 9.84 Å². The van der Waals surface area contributed by atoms with E-state index in [-0.39, 0.29) is 10.6 Å². The Hall–Kier alpha value is -0.350. The SMILES string of the molecule is C=CC(C1CC1)S(=O)(=O)C1CCCN1. The Morgan fingerprint density at radius 1 is 1.36 bits per heavy atom. The van der Waals surface area contributed by atoms with E-state index in [1.165, 1.54) is 0 Å². The summed E-state index contributed by atoms with van der Waals surface area (Å²) in [5.74, 6) is 0.347. The molecule has 0 aromatic rings. The minimum Gasteiger partial charge on any atom is -0.301 e. The molecule has 1 aliphatic carbocycles. The highest BCUT2D eigenvalue weighted by atomic mass is 32.2. The standard InChI is InChI=1S/C10H17NO2S/c1-2-9(8-5-6-8)14(12,13)10-4-3-7-11-10/h2,8-11H,1,3-7H2. The van der Waals surface area contributed by atoms with E-state index in [1.54, 1.807) is 6.08 Å². The largest absolute Gasteiger partial charge is 0.301 e. The fourth-order valence-electron chi connectivity index (χ4n) is 2.14. The van der Waals surface area contributed by atoms with Gasteiger partial charge in [-0.2, -0.15) is 0 Å². The van der Waals surface area contributed by atoms with Gasteiger partial charge in [0.2, 0.25) is 0 Å². The normalized spacial score (nSPS) is 30.1. The predicted octanol–water partition coefficient (Wildman–Crippen LogP) is 1.08. The quantitative estimate of drug-likeness (QED) is 0.714. The second-order valence-corrected chi connectivity index (χ2v) is 6.50. The van der Waals surface area contributed by atoms with Gasteiger partial charge in [-0.3, -0.25) is 0 Å². The zero-order chi connectivity index (χ0) is 10.2. The van der Waals surface area contributed by atoms with Crippen molar-refractivity contribution in [2.45, 2.75) is 36.3 Å². The first-order valence-electron chi connectivity index (χ1n) is 5.25. The third kappa shape index (κ3) is 1.73. The van der Waals surface area contributed by atoms with Gasteiger partial charge < -0.3 is 5.32 Å². The topological polar surface area (TPSA) is 46.2 Å². The Bertz CT molecular complexity index is 313. The van der Waals surface area contributed by atoms with Crippen molar-refractivity contribution in [2.75, 3.05) is 6.54 Å². The number of sulfone groups is 1. The molecule has 0 spiro atoms. The molecule has 2 aliphatic rings. The van der Waals surface area contributed by atoms with Crippen LogP contribution in [0.3, 0.4) is 0 Å². The monoisotopic (exact) mass is 215 g/mol. The molecule has 0 aromatic heterocycles. The maximum atomic E-state index is 12.1. The van der Waals surface area contributed by atoms with Crippen molar-refractivity contribution in [3.05, 3.63) is 12.7 Å². The highest BCUT2D eigenvalue weighted by Crippen LogP contribution is 2.38. The number of rotatable bonds is 4. The first-order chi connectivity index (χ1) is 6.66. The molecule has 2 unspecified atom stereocenters. The van der Waals surface area contributed by atoms with Crippen molar-refractivity contribution < 1.29 is 8.42 Å². The number of nitrogens with one attached hydrogen (secondary N) is 1. The summed E-state index contributed by atoms with van der Waals surface area (Å²) in [6.07, 6.45) is 5.44. The van der Waals surface area contributed by atoms with Crippen molar-refractivity contribution in [1.82, 2.24) is 5.32 Å². The molecule has 0 aromatic carbocycles. The van der Waals surface area contributed by atoms with Gasteiger partial charge in [-0.05, 0) is 38.1 Å². The predicted molar refractivity (Wildman–Crippen MR) is 56.7 cm³/mol. The fourth-order valence-corrected chi connectivity index (χ4v) is 4.44. The lowest BCUT2D eigenvalue weighted by Gasteiger charge is -2.18. The molecule has 4 heteroatoms. The summed E-state index contributed by atoms with van der Waals surface area (Å²) < 4.78 is 24.2. The minimum absolute atomic E-state index is 0.307. The highest BCUT2D eigenvalue weighted by molar-refractivity contribution is 7.92. The van der Waals surface area contributed by atoms with E-state index in [9.17, 15) is 8.42 Å². The molecular weight excluding hydrogens is 198 g/mol. The van der Waals surface area contributed by atoms with E-state index in [2.05, 4.69) is 11.9 Å². The Morgan fingerprint density at radius 3 is 2.50 bits per heavy atom. The van der Waals surface area contributed by atoms with Crippen LogP contribution in [-0.2, 0) is 9.84 Å². The van der Waals surface area contributed by atoms with Crippen molar-refractivity contribution >= 4 is 9.84 Å². The third-order valence-corrected chi connectivity index (χ3v) is 5.64. The number of hydrogen-bond acceptors (Lipinski definition) is 3. The summed E-state index contributed by atoms with van der Waals surface area (Å²) in [5, 5.41) is 2.44. The fraction of sp³-hybridized carbons (Fsp3) is 0.800. The second kappa shape index (κ2) is 3.66. The molecule has 1 saturated heterocycles. The van der Waals surface area contributed by atoms with E-state index in [0.29, 0.717) is 5.92 Å². The van der Waals surface area contributed by atoms with Gasteiger partial charge in [0.25, 0.3) is 0 Å². The Labute approximate surface area is 85.5 Å². The van der Waals surface area contributed by atoms with Gasteiger partial charge in [0.1, 0.15) is 5.37 Å². The molecule has 1 heterocycles. The zero-order valence-corrected chi connectivity index (χ0v) is 9.09. The summed E-state index contributed by atoms with van der Waals surface area (Å²) >= 11 is 0. The molecule has 3 nitrogen and oxygen atoms in total. The van der Waals surface area contributed by atoms with Gasteiger partial charge in [0, 0.05) is 0 Å². The molecule has 1 N–H and O–H groups in total. The van der Waals surface area contributed by atoms with Crippen LogP contribution in [0.25, 0.3) is 0 Å². The maximum absolute atomic E-state index is 12.1. The molecular formula is C10H17NO2S. The van der Waals surface area contributed by atoms with Crippen LogP contribution in [0.15, 0.2) is 12.7 Å². The van der Waals surface area contributed by atoms with E-state index in [0.717, 1.165) is 32.2 Å². The minimum atomic E-state index is -3.02.